The van der Waals surface area contributed by atoms with Gasteiger partial charge in [0.05, 0.1) is 10.6 Å². The Bertz CT molecular complexity index is 651. The summed E-state index contributed by atoms with van der Waals surface area (Å²) in [6, 6.07) is 15.7. The van der Waals surface area contributed by atoms with Gasteiger partial charge in [-0.25, -0.2) is 0 Å². The second kappa shape index (κ2) is 6.60. The fourth-order valence-corrected chi connectivity index (χ4v) is 1.71. The van der Waals surface area contributed by atoms with Crippen molar-refractivity contribution in [1.82, 2.24) is 0 Å². The third kappa shape index (κ3) is 3.74. The van der Waals surface area contributed by atoms with Crippen molar-refractivity contribution < 1.29 is 9.53 Å². The molecule has 20 heavy (non-hydrogen) atoms. The normalized spacial score (nSPS) is 9.60. The second-order valence-electron chi connectivity index (χ2n) is 3.96. The molecule has 0 aliphatic rings. The summed E-state index contributed by atoms with van der Waals surface area (Å²) in [5.74, 6) is 0.316. The lowest BCUT2D eigenvalue weighted by molar-refractivity contribution is -0.118. The Morgan fingerprint density at radius 3 is 2.70 bits per heavy atom. The van der Waals surface area contributed by atoms with E-state index >= 15 is 0 Å². The molecule has 5 heteroatoms. The molecular weight excluding hydrogens is 276 g/mol. The first-order chi connectivity index (χ1) is 9.69. The first-order valence-corrected chi connectivity index (χ1v) is 6.24. The smallest absolute Gasteiger partial charge is 0.262 e. The highest BCUT2D eigenvalue weighted by molar-refractivity contribution is 6.31. The van der Waals surface area contributed by atoms with E-state index in [-0.39, 0.29) is 12.5 Å². The van der Waals surface area contributed by atoms with Gasteiger partial charge >= 0.3 is 0 Å². The summed E-state index contributed by atoms with van der Waals surface area (Å²) >= 11 is 5.81. The fourth-order valence-electron chi connectivity index (χ4n) is 1.55. The minimum absolute atomic E-state index is 0.103. The van der Waals surface area contributed by atoms with Crippen molar-refractivity contribution in [2.75, 3.05) is 11.9 Å². The van der Waals surface area contributed by atoms with Crippen molar-refractivity contribution in [3.05, 3.63) is 59.1 Å². The Labute approximate surface area is 121 Å². The van der Waals surface area contributed by atoms with Gasteiger partial charge in [0.25, 0.3) is 5.91 Å². The molecule has 0 radical (unpaired) electrons. The van der Waals surface area contributed by atoms with Crippen LogP contribution in [0.2, 0.25) is 5.02 Å². The number of nitrogens with one attached hydrogen (secondary N) is 1. The molecule has 0 aliphatic heterocycles. The van der Waals surface area contributed by atoms with Crippen molar-refractivity contribution in [3.63, 3.8) is 0 Å². The summed E-state index contributed by atoms with van der Waals surface area (Å²) in [5, 5.41) is 11.9. The Kier molecular flexibility index (Phi) is 4.59. The molecule has 0 atom stereocenters. The third-order valence-electron chi connectivity index (χ3n) is 2.48. The maximum Gasteiger partial charge on any atom is 0.262 e. The minimum atomic E-state index is -0.305. The predicted molar refractivity (Wildman–Crippen MR) is 76.7 cm³/mol. The van der Waals surface area contributed by atoms with Crippen LogP contribution in [0.1, 0.15) is 5.56 Å². The number of anilines is 1. The van der Waals surface area contributed by atoms with Crippen molar-refractivity contribution in [2.45, 2.75) is 0 Å². The first-order valence-electron chi connectivity index (χ1n) is 5.86. The lowest BCUT2D eigenvalue weighted by atomic mass is 10.2. The van der Waals surface area contributed by atoms with Gasteiger partial charge in [-0.15, -0.1) is 0 Å². The highest BCUT2D eigenvalue weighted by Crippen LogP contribution is 2.19. The minimum Gasteiger partial charge on any atom is -0.484 e. The number of benzene rings is 2. The van der Waals surface area contributed by atoms with Crippen molar-refractivity contribution >= 4 is 23.2 Å². The van der Waals surface area contributed by atoms with Gasteiger partial charge in [0, 0.05) is 5.69 Å². The van der Waals surface area contributed by atoms with Gasteiger partial charge in [0.15, 0.2) is 6.61 Å². The van der Waals surface area contributed by atoms with Gasteiger partial charge in [-0.3, -0.25) is 4.79 Å². The van der Waals surface area contributed by atoms with Gasteiger partial charge in [-0.2, -0.15) is 5.26 Å². The highest BCUT2D eigenvalue weighted by atomic mass is 35.5. The topological polar surface area (TPSA) is 62.1 Å². The quantitative estimate of drug-likeness (QED) is 0.938. The zero-order chi connectivity index (χ0) is 14.4. The van der Waals surface area contributed by atoms with Crippen LogP contribution in [0.25, 0.3) is 0 Å². The average molecular weight is 287 g/mol. The number of halogens is 1. The molecule has 0 saturated carbocycles. The lowest BCUT2D eigenvalue weighted by Crippen LogP contribution is -2.20. The summed E-state index contributed by atoms with van der Waals surface area (Å²) < 4.78 is 5.32. The molecule has 0 bridgehead atoms. The molecule has 0 spiro atoms. The van der Waals surface area contributed by atoms with E-state index in [0.717, 1.165) is 0 Å². The maximum absolute atomic E-state index is 11.7. The van der Waals surface area contributed by atoms with E-state index in [1.165, 1.54) is 6.07 Å². The van der Waals surface area contributed by atoms with Gasteiger partial charge in [-0.05, 0) is 30.3 Å². The average Bonchev–Trinajstić information content (AvgIpc) is 2.48. The Hall–Kier alpha value is -2.51. The van der Waals surface area contributed by atoms with E-state index in [1.54, 1.807) is 24.3 Å². The molecule has 4 nitrogen and oxygen atoms in total. The number of hydrogen-bond acceptors (Lipinski definition) is 3. The molecule has 100 valence electrons. The summed E-state index contributed by atoms with van der Waals surface area (Å²) in [4.78, 5) is 11.7. The zero-order valence-electron chi connectivity index (χ0n) is 10.5. The van der Waals surface area contributed by atoms with Crippen LogP contribution in [0.15, 0.2) is 48.5 Å². The molecule has 0 fully saturated rings. The van der Waals surface area contributed by atoms with Gasteiger partial charge in [-0.1, -0.05) is 29.8 Å². The van der Waals surface area contributed by atoms with E-state index < -0.39 is 0 Å². The van der Waals surface area contributed by atoms with E-state index in [2.05, 4.69) is 5.32 Å². The number of nitriles is 1. The summed E-state index contributed by atoms with van der Waals surface area (Å²) in [5.41, 5.74) is 0.820. The van der Waals surface area contributed by atoms with Crippen LogP contribution in [-0.2, 0) is 4.79 Å². The number of rotatable bonds is 4. The molecule has 2 aromatic rings. The molecule has 2 rings (SSSR count). The Balaban J connectivity index is 1.93. The number of carbonyl (C=O) groups is 1. The van der Waals surface area contributed by atoms with E-state index in [4.69, 9.17) is 21.6 Å². The predicted octanol–water partition coefficient (Wildman–Crippen LogP) is 3.23. The number of nitrogens with zero attached hydrogens (tertiary/aromatic N) is 1. The van der Waals surface area contributed by atoms with Gasteiger partial charge in [0.2, 0.25) is 0 Å². The van der Waals surface area contributed by atoms with Crippen molar-refractivity contribution in [1.29, 1.82) is 5.26 Å². The van der Waals surface area contributed by atoms with Crippen LogP contribution in [0.5, 0.6) is 5.75 Å². The van der Waals surface area contributed by atoms with Crippen LogP contribution in [0.3, 0.4) is 0 Å². The van der Waals surface area contributed by atoms with E-state index in [9.17, 15) is 4.79 Å². The molecule has 2 aromatic carbocycles. The van der Waals surface area contributed by atoms with Crippen LogP contribution >= 0.6 is 11.6 Å². The largest absolute Gasteiger partial charge is 0.484 e. The van der Waals surface area contributed by atoms with Crippen LogP contribution in [0, 0.1) is 11.3 Å². The number of hydrogen-bond donors (Lipinski definition) is 1. The number of ether oxygens (including phenoxy) is 1. The first kappa shape index (κ1) is 13.9. The molecule has 0 unspecified atom stereocenters. The van der Waals surface area contributed by atoms with E-state index in [1.807, 2.05) is 24.3 Å². The lowest BCUT2D eigenvalue weighted by Gasteiger charge is -2.08. The molecule has 0 aliphatic carbocycles. The van der Waals surface area contributed by atoms with E-state index in [0.29, 0.717) is 22.0 Å². The molecular formula is C15H11ClN2O2. The molecule has 0 heterocycles. The van der Waals surface area contributed by atoms with Crippen LogP contribution < -0.4 is 10.1 Å². The monoisotopic (exact) mass is 286 g/mol. The number of para-hydroxylation sites is 1. The SMILES string of the molecule is N#Cc1cc(NC(=O)COc2ccccc2)ccc1Cl. The molecule has 0 saturated heterocycles. The maximum atomic E-state index is 11.7. The summed E-state index contributed by atoms with van der Waals surface area (Å²) in [7, 11) is 0. The highest BCUT2D eigenvalue weighted by Gasteiger charge is 2.06. The molecule has 1 N–H and O–H groups in total. The number of amides is 1. The number of carbonyl (C=O) groups excluding carboxylic acids is 1. The summed E-state index contributed by atoms with van der Waals surface area (Å²) in [6.45, 7) is -0.103. The molecule has 0 aromatic heterocycles. The fraction of sp³-hybridized carbons (Fsp3) is 0.0667. The van der Waals surface area contributed by atoms with Crippen molar-refractivity contribution in [3.8, 4) is 11.8 Å². The van der Waals surface area contributed by atoms with Crippen LogP contribution in [-0.4, -0.2) is 12.5 Å². The Morgan fingerprint density at radius 2 is 2.00 bits per heavy atom. The van der Waals surface area contributed by atoms with Gasteiger partial charge < -0.3 is 10.1 Å². The summed E-state index contributed by atoms with van der Waals surface area (Å²) in [6.07, 6.45) is 0. The standard InChI is InChI=1S/C15H11ClN2O2/c16-14-7-6-12(8-11(14)9-17)18-15(19)10-20-13-4-2-1-3-5-13/h1-8H,10H2,(H,18,19). The third-order valence-corrected chi connectivity index (χ3v) is 2.81. The zero-order valence-corrected chi connectivity index (χ0v) is 11.2. The van der Waals surface area contributed by atoms with Crippen molar-refractivity contribution in [2.24, 2.45) is 0 Å². The second-order valence-corrected chi connectivity index (χ2v) is 4.36. The Morgan fingerprint density at radius 1 is 1.25 bits per heavy atom. The van der Waals surface area contributed by atoms with Gasteiger partial charge in [0.1, 0.15) is 11.8 Å². The molecule has 1 amide bonds. The van der Waals surface area contributed by atoms with Crippen LogP contribution in [0.4, 0.5) is 5.69 Å².